The lowest BCUT2D eigenvalue weighted by atomic mass is 9.83. The van der Waals surface area contributed by atoms with Crippen molar-refractivity contribution < 1.29 is 5.11 Å². The Morgan fingerprint density at radius 2 is 1.88 bits per heavy atom. The normalized spacial score (nSPS) is 11.8. The molecule has 0 fully saturated rings. The molecule has 0 heterocycles. The van der Waals surface area contributed by atoms with Gasteiger partial charge in [0.1, 0.15) is 5.75 Å². The Hall–Kier alpha value is -1.02. The maximum Gasteiger partial charge on any atom is 0.122 e. The maximum absolute atomic E-state index is 10.3. The molecule has 0 unspecified atom stereocenters. The van der Waals surface area contributed by atoms with Crippen LogP contribution in [-0.4, -0.2) is 18.7 Å². The largest absolute Gasteiger partial charge is 0.507 e. The van der Waals surface area contributed by atoms with Crippen LogP contribution in [0.4, 0.5) is 0 Å². The molecule has 0 saturated carbocycles. The van der Waals surface area contributed by atoms with Gasteiger partial charge in [0.05, 0.1) is 0 Å². The summed E-state index contributed by atoms with van der Waals surface area (Å²) in [5.41, 5.74) is 3.41. The second kappa shape index (κ2) is 5.54. The van der Waals surface area contributed by atoms with E-state index in [4.69, 9.17) is 0 Å². The van der Waals surface area contributed by atoms with Crippen LogP contribution in [0.1, 0.15) is 44.4 Å². The number of nitrogens with one attached hydrogen (secondary N) is 1. The molecule has 96 valence electrons. The van der Waals surface area contributed by atoms with Crippen molar-refractivity contribution in [3.8, 4) is 5.75 Å². The van der Waals surface area contributed by atoms with Crippen molar-refractivity contribution in [3.05, 3.63) is 28.8 Å². The van der Waals surface area contributed by atoms with Gasteiger partial charge in [-0.2, -0.15) is 0 Å². The highest BCUT2D eigenvalue weighted by Crippen LogP contribution is 2.34. The van der Waals surface area contributed by atoms with E-state index in [1.807, 2.05) is 7.05 Å². The van der Waals surface area contributed by atoms with E-state index in [0.717, 1.165) is 30.5 Å². The zero-order valence-electron chi connectivity index (χ0n) is 11.7. The first-order chi connectivity index (χ1) is 7.90. The zero-order chi connectivity index (χ0) is 13.1. The predicted molar refractivity (Wildman–Crippen MR) is 73.8 cm³/mol. The van der Waals surface area contributed by atoms with Gasteiger partial charge < -0.3 is 10.4 Å². The molecule has 1 aromatic carbocycles. The van der Waals surface area contributed by atoms with E-state index >= 15 is 0 Å². The Kier molecular flexibility index (Phi) is 4.58. The lowest BCUT2D eigenvalue weighted by Gasteiger charge is -2.23. The highest BCUT2D eigenvalue weighted by molar-refractivity contribution is 5.47. The smallest absolute Gasteiger partial charge is 0.122 e. The molecule has 1 rings (SSSR count). The first-order valence-corrected chi connectivity index (χ1v) is 6.40. The summed E-state index contributed by atoms with van der Waals surface area (Å²) in [6, 6.07) is 4.26. The average molecular weight is 235 g/mol. The molecule has 0 aliphatic rings. The molecule has 0 aliphatic heterocycles. The SMILES string of the molecule is CCc1cc(CCNC)c(O)c(C(C)(C)C)c1. The van der Waals surface area contributed by atoms with Gasteiger partial charge in [0.2, 0.25) is 0 Å². The summed E-state index contributed by atoms with van der Waals surface area (Å²) in [5, 5.41) is 13.5. The number of aromatic hydroxyl groups is 1. The number of phenols is 1. The van der Waals surface area contributed by atoms with Crippen LogP contribution in [0.15, 0.2) is 12.1 Å². The summed E-state index contributed by atoms with van der Waals surface area (Å²) in [4.78, 5) is 0. The van der Waals surface area contributed by atoms with Gasteiger partial charge in [-0.1, -0.05) is 39.8 Å². The standard InChI is InChI=1S/C15H25NO/c1-6-11-9-12(7-8-16-5)14(17)13(10-11)15(2,3)4/h9-10,16-17H,6-8H2,1-5H3. The Labute approximate surface area is 105 Å². The van der Waals surface area contributed by atoms with Crippen LogP contribution >= 0.6 is 0 Å². The third-order valence-electron chi connectivity index (χ3n) is 3.11. The van der Waals surface area contributed by atoms with Crippen LogP contribution in [0.25, 0.3) is 0 Å². The van der Waals surface area contributed by atoms with Crippen molar-refractivity contribution in [2.75, 3.05) is 13.6 Å². The number of hydrogen-bond acceptors (Lipinski definition) is 2. The summed E-state index contributed by atoms with van der Waals surface area (Å²) >= 11 is 0. The van der Waals surface area contributed by atoms with E-state index in [-0.39, 0.29) is 5.41 Å². The van der Waals surface area contributed by atoms with Crippen LogP contribution in [0.3, 0.4) is 0 Å². The fraction of sp³-hybridized carbons (Fsp3) is 0.600. The number of benzene rings is 1. The van der Waals surface area contributed by atoms with Crippen LogP contribution in [0.2, 0.25) is 0 Å². The molecule has 2 nitrogen and oxygen atoms in total. The minimum atomic E-state index is -0.0103. The number of phenolic OH excluding ortho intramolecular Hbond substituents is 1. The molecular formula is C15H25NO. The van der Waals surface area contributed by atoms with Crippen LogP contribution in [0, 0.1) is 0 Å². The molecular weight excluding hydrogens is 210 g/mol. The van der Waals surface area contributed by atoms with Gasteiger partial charge in [0.15, 0.2) is 0 Å². The van der Waals surface area contributed by atoms with Gasteiger partial charge in [0.25, 0.3) is 0 Å². The summed E-state index contributed by atoms with van der Waals surface area (Å²) < 4.78 is 0. The van der Waals surface area contributed by atoms with Crippen molar-refractivity contribution in [2.24, 2.45) is 0 Å². The summed E-state index contributed by atoms with van der Waals surface area (Å²) in [6.45, 7) is 9.47. The predicted octanol–water partition coefficient (Wildman–Crippen LogP) is 3.01. The highest BCUT2D eigenvalue weighted by atomic mass is 16.3. The Morgan fingerprint density at radius 3 is 2.35 bits per heavy atom. The molecule has 0 spiro atoms. The Bertz CT molecular complexity index is 377. The lowest BCUT2D eigenvalue weighted by Crippen LogP contribution is -2.15. The molecule has 0 radical (unpaired) electrons. The van der Waals surface area contributed by atoms with Crippen molar-refractivity contribution in [3.63, 3.8) is 0 Å². The second-order valence-electron chi connectivity index (χ2n) is 5.61. The first kappa shape index (κ1) is 14.0. The molecule has 0 atom stereocenters. The summed E-state index contributed by atoms with van der Waals surface area (Å²) in [6.07, 6.45) is 1.88. The first-order valence-electron chi connectivity index (χ1n) is 6.40. The van der Waals surface area contributed by atoms with Gasteiger partial charge in [0, 0.05) is 0 Å². The van der Waals surface area contributed by atoms with Crippen LogP contribution in [0.5, 0.6) is 5.75 Å². The zero-order valence-corrected chi connectivity index (χ0v) is 11.7. The molecule has 0 aromatic heterocycles. The number of likely N-dealkylation sites (N-methyl/N-ethyl adjacent to an activating group) is 1. The molecule has 17 heavy (non-hydrogen) atoms. The summed E-state index contributed by atoms with van der Waals surface area (Å²) in [7, 11) is 1.94. The molecule has 0 aliphatic carbocycles. The third kappa shape index (κ3) is 3.47. The van der Waals surface area contributed by atoms with Crippen LogP contribution in [-0.2, 0) is 18.3 Å². The summed E-state index contributed by atoms with van der Waals surface area (Å²) in [5.74, 6) is 0.477. The van der Waals surface area contributed by atoms with Gasteiger partial charge in [-0.15, -0.1) is 0 Å². The van der Waals surface area contributed by atoms with E-state index in [2.05, 4.69) is 45.1 Å². The van der Waals surface area contributed by atoms with E-state index in [9.17, 15) is 5.11 Å². The molecule has 1 aromatic rings. The minimum absolute atomic E-state index is 0.0103. The topological polar surface area (TPSA) is 32.3 Å². The fourth-order valence-corrected chi connectivity index (χ4v) is 1.99. The van der Waals surface area contributed by atoms with Crippen molar-refractivity contribution in [1.29, 1.82) is 0 Å². The van der Waals surface area contributed by atoms with Crippen molar-refractivity contribution in [2.45, 2.75) is 46.0 Å². The van der Waals surface area contributed by atoms with Crippen LogP contribution < -0.4 is 5.32 Å². The van der Waals surface area contributed by atoms with Crippen molar-refractivity contribution in [1.82, 2.24) is 5.32 Å². The molecule has 0 amide bonds. The number of aryl methyl sites for hydroxylation is 1. The van der Waals surface area contributed by atoms with Gasteiger partial charge in [-0.05, 0) is 48.5 Å². The van der Waals surface area contributed by atoms with Crippen molar-refractivity contribution >= 4 is 0 Å². The average Bonchev–Trinajstić information content (AvgIpc) is 2.26. The van der Waals surface area contributed by atoms with E-state index < -0.39 is 0 Å². The van der Waals surface area contributed by atoms with E-state index in [1.165, 1.54) is 5.56 Å². The molecule has 2 heteroatoms. The number of rotatable bonds is 4. The second-order valence-corrected chi connectivity index (χ2v) is 5.61. The Balaban J connectivity index is 3.21. The quantitative estimate of drug-likeness (QED) is 0.841. The monoisotopic (exact) mass is 235 g/mol. The van der Waals surface area contributed by atoms with Gasteiger partial charge >= 0.3 is 0 Å². The number of hydrogen-bond donors (Lipinski definition) is 2. The Morgan fingerprint density at radius 1 is 1.24 bits per heavy atom. The maximum atomic E-state index is 10.3. The minimum Gasteiger partial charge on any atom is -0.507 e. The third-order valence-corrected chi connectivity index (χ3v) is 3.11. The van der Waals surface area contributed by atoms with Gasteiger partial charge in [-0.3, -0.25) is 0 Å². The van der Waals surface area contributed by atoms with E-state index in [0.29, 0.717) is 5.75 Å². The lowest BCUT2D eigenvalue weighted by molar-refractivity contribution is 0.439. The fourth-order valence-electron chi connectivity index (χ4n) is 1.99. The van der Waals surface area contributed by atoms with Gasteiger partial charge in [-0.25, -0.2) is 0 Å². The molecule has 0 saturated heterocycles. The van der Waals surface area contributed by atoms with E-state index in [1.54, 1.807) is 0 Å². The molecule has 2 N–H and O–H groups in total. The molecule has 0 bridgehead atoms. The highest BCUT2D eigenvalue weighted by Gasteiger charge is 2.20.